The number of fused-ring (bicyclic) bond motifs is 1. The zero-order chi connectivity index (χ0) is 14.1. The molecule has 0 radical (unpaired) electrons. The molecule has 0 N–H and O–H groups in total. The van der Waals surface area contributed by atoms with E-state index in [1.807, 2.05) is 0 Å². The molecule has 0 saturated heterocycles. The Labute approximate surface area is 126 Å². The van der Waals surface area contributed by atoms with E-state index in [0.717, 1.165) is 0 Å². The summed E-state index contributed by atoms with van der Waals surface area (Å²) in [5.74, 6) is 0.631. The second-order valence-electron chi connectivity index (χ2n) is 5.87. The van der Waals surface area contributed by atoms with Gasteiger partial charge in [-0.25, -0.2) is 0 Å². The summed E-state index contributed by atoms with van der Waals surface area (Å²) in [6.45, 7) is 0. The number of benzene rings is 3. The van der Waals surface area contributed by atoms with Gasteiger partial charge in [-0.15, -0.1) is 0 Å². The minimum absolute atomic E-state index is 0.631. The minimum Gasteiger partial charge on any atom is -0.0622 e. The summed E-state index contributed by atoms with van der Waals surface area (Å²) < 4.78 is 0. The Hall–Kier alpha value is -2.34. The van der Waals surface area contributed by atoms with E-state index in [0.29, 0.717) is 5.92 Å². The second-order valence-corrected chi connectivity index (χ2v) is 5.87. The molecule has 3 aromatic carbocycles. The molecule has 0 nitrogen and oxygen atoms in total. The maximum Gasteiger partial charge on any atom is -0.00806 e. The van der Waals surface area contributed by atoms with Crippen molar-refractivity contribution in [1.82, 2.24) is 0 Å². The highest BCUT2D eigenvalue weighted by Gasteiger charge is 2.22. The Morgan fingerprint density at radius 2 is 1.19 bits per heavy atom. The van der Waals surface area contributed by atoms with E-state index in [-0.39, 0.29) is 0 Å². The molecule has 1 aliphatic carbocycles. The van der Waals surface area contributed by atoms with Gasteiger partial charge in [0, 0.05) is 0 Å². The van der Waals surface area contributed by atoms with Crippen LogP contribution >= 0.6 is 0 Å². The Balaban J connectivity index is 1.66. The molecule has 102 valence electrons. The lowest BCUT2D eigenvalue weighted by atomic mass is 9.93. The summed E-state index contributed by atoms with van der Waals surface area (Å²) in [6, 6.07) is 28.6. The average molecular weight is 270 g/mol. The van der Waals surface area contributed by atoms with Gasteiger partial charge in [0.1, 0.15) is 0 Å². The van der Waals surface area contributed by atoms with E-state index in [2.05, 4.69) is 78.9 Å². The van der Waals surface area contributed by atoms with Crippen molar-refractivity contribution >= 4 is 0 Å². The van der Waals surface area contributed by atoms with Crippen molar-refractivity contribution in [3.8, 4) is 11.1 Å². The molecule has 0 unspecified atom stereocenters. The average Bonchev–Trinajstić information content (AvgIpc) is 3.00. The van der Waals surface area contributed by atoms with Crippen LogP contribution in [0.15, 0.2) is 78.9 Å². The summed E-state index contributed by atoms with van der Waals surface area (Å²) in [4.78, 5) is 0. The van der Waals surface area contributed by atoms with Crippen molar-refractivity contribution in [2.75, 3.05) is 0 Å². The third-order valence-electron chi connectivity index (χ3n) is 4.52. The fourth-order valence-electron chi connectivity index (χ4n) is 3.40. The molecular formula is C21H18. The normalized spacial score (nSPS) is 14.1. The molecule has 0 aromatic heterocycles. The zero-order valence-electron chi connectivity index (χ0n) is 12.0. The number of hydrogen-bond donors (Lipinski definition) is 0. The predicted octanol–water partition coefficient (Wildman–Crippen LogP) is 5.24. The van der Waals surface area contributed by atoms with Gasteiger partial charge in [-0.2, -0.15) is 0 Å². The van der Waals surface area contributed by atoms with Gasteiger partial charge in [-0.3, -0.25) is 0 Å². The largest absolute Gasteiger partial charge is 0.0622 e. The van der Waals surface area contributed by atoms with Gasteiger partial charge in [-0.1, -0.05) is 78.9 Å². The molecule has 0 atom stereocenters. The van der Waals surface area contributed by atoms with Crippen LogP contribution in [0.5, 0.6) is 0 Å². The van der Waals surface area contributed by atoms with Gasteiger partial charge >= 0.3 is 0 Å². The predicted molar refractivity (Wildman–Crippen MR) is 88.5 cm³/mol. The van der Waals surface area contributed by atoms with E-state index in [1.54, 1.807) is 0 Å². The fourth-order valence-corrected chi connectivity index (χ4v) is 3.40. The summed E-state index contributed by atoms with van der Waals surface area (Å²) in [7, 11) is 0. The van der Waals surface area contributed by atoms with E-state index in [1.165, 1.54) is 40.7 Å². The number of rotatable bonds is 2. The van der Waals surface area contributed by atoms with Crippen molar-refractivity contribution in [2.45, 2.75) is 18.8 Å². The van der Waals surface area contributed by atoms with Crippen LogP contribution < -0.4 is 0 Å². The molecule has 0 aliphatic heterocycles. The summed E-state index contributed by atoms with van der Waals surface area (Å²) >= 11 is 0. The molecule has 0 fully saturated rings. The molecule has 0 heterocycles. The Bertz CT molecular complexity index is 731. The second kappa shape index (κ2) is 5.21. The maximum atomic E-state index is 2.37. The fraction of sp³-hybridized carbons (Fsp3) is 0.143. The molecule has 0 saturated carbocycles. The quantitative estimate of drug-likeness (QED) is 0.597. The molecular weight excluding hydrogens is 252 g/mol. The molecule has 0 spiro atoms. The van der Waals surface area contributed by atoms with Crippen LogP contribution in [0.2, 0.25) is 0 Å². The monoisotopic (exact) mass is 270 g/mol. The maximum absolute atomic E-state index is 2.37. The Kier molecular flexibility index (Phi) is 3.08. The smallest absolute Gasteiger partial charge is 0.00806 e. The summed E-state index contributed by atoms with van der Waals surface area (Å²) in [6.07, 6.45) is 2.35. The van der Waals surface area contributed by atoms with Crippen LogP contribution in [0, 0.1) is 0 Å². The standard InChI is InChI=1S/C21H18/c1-2-7-16(8-3-1)17-11-6-12-20(13-17)21-14-18-9-4-5-10-19(18)15-21/h1-13,21H,14-15H2. The van der Waals surface area contributed by atoms with Gasteiger partial charge in [0.25, 0.3) is 0 Å². The van der Waals surface area contributed by atoms with Gasteiger partial charge in [0.2, 0.25) is 0 Å². The van der Waals surface area contributed by atoms with Gasteiger partial charge in [-0.05, 0) is 46.6 Å². The minimum atomic E-state index is 0.631. The first-order chi connectivity index (χ1) is 10.4. The highest BCUT2D eigenvalue weighted by Crippen LogP contribution is 2.35. The molecule has 21 heavy (non-hydrogen) atoms. The highest BCUT2D eigenvalue weighted by molar-refractivity contribution is 5.64. The first kappa shape index (κ1) is 12.4. The first-order valence-electron chi connectivity index (χ1n) is 7.62. The van der Waals surface area contributed by atoms with Crippen LogP contribution in [-0.2, 0) is 12.8 Å². The number of hydrogen-bond acceptors (Lipinski definition) is 0. The molecule has 0 bridgehead atoms. The molecule has 4 rings (SSSR count). The van der Waals surface area contributed by atoms with Crippen LogP contribution in [0.25, 0.3) is 11.1 Å². The van der Waals surface area contributed by atoms with Crippen molar-refractivity contribution in [2.24, 2.45) is 0 Å². The topological polar surface area (TPSA) is 0 Å². The van der Waals surface area contributed by atoms with Crippen molar-refractivity contribution in [1.29, 1.82) is 0 Å². The Morgan fingerprint density at radius 1 is 0.571 bits per heavy atom. The lowest BCUT2D eigenvalue weighted by Crippen LogP contribution is -1.97. The van der Waals surface area contributed by atoms with Crippen molar-refractivity contribution in [3.05, 3.63) is 95.6 Å². The van der Waals surface area contributed by atoms with Gasteiger partial charge in [0.05, 0.1) is 0 Å². The van der Waals surface area contributed by atoms with Crippen LogP contribution in [0.4, 0.5) is 0 Å². The Morgan fingerprint density at radius 3 is 1.90 bits per heavy atom. The van der Waals surface area contributed by atoms with Crippen LogP contribution in [0.3, 0.4) is 0 Å². The van der Waals surface area contributed by atoms with Crippen molar-refractivity contribution < 1.29 is 0 Å². The van der Waals surface area contributed by atoms with E-state index >= 15 is 0 Å². The van der Waals surface area contributed by atoms with E-state index in [9.17, 15) is 0 Å². The van der Waals surface area contributed by atoms with Crippen LogP contribution in [-0.4, -0.2) is 0 Å². The summed E-state index contributed by atoms with van der Waals surface area (Å²) in [5.41, 5.74) is 7.13. The molecule has 3 aromatic rings. The van der Waals surface area contributed by atoms with Crippen molar-refractivity contribution in [3.63, 3.8) is 0 Å². The molecule has 1 aliphatic rings. The van der Waals surface area contributed by atoms with Crippen LogP contribution in [0.1, 0.15) is 22.6 Å². The highest BCUT2D eigenvalue weighted by atomic mass is 14.3. The van der Waals surface area contributed by atoms with Gasteiger partial charge < -0.3 is 0 Å². The first-order valence-corrected chi connectivity index (χ1v) is 7.62. The SMILES string of the molecule is c1ccc(-c2cccc(C3Cc4ccccc4C3)c2)cc1. The lowest BCUT2D eigenvalue weighted by Gasteiger charge is -2.11. The van der Waals surface area contributed by atoms with E-state index < -0.39 is 0 Å². The summed E-state index contributed by atoms with van der Waals surface area (Å²) in [5, 5.41) is 0. The van der Waals surface area contributed by atoms with Gasteiger partial charge in [0.15, 0.2) is 0 Å². The third-order valence-corrected chi connectivity index (χ3v) is 4.52. The van der Waals surface area contributed by atoms with E-state index in [4.69, 9.17) is 0 Å². The third kappa shape index (κ3) is 2.38. The zero-order valence-corrected chi connectivity index (χ0v) is 12.0. The molecule has 0 heteroatoms. The molecule has 0 amide bonds. The lowest BCUT2D eigenvalue weighted by molar-refractivity contribution is 0.742.